The van der Waals surface area contributed by atoms with E-state index >= 15 is 8.78 Å². The average Bonchev–Trinajstić information content (AvgIpc) is 3.09. The van der Waals surface area contributed by atoms with Crippen LogP contribution in [0.15, 0.2) is 65.6 Å². The number of nitrogens with zero attached hydrogens (tertiary/aromatic N) is 4. The molecule has 13 nitrogen and oxygen atoms in total. The average molecular weight is 677 g/mol. The van der Waals surface area contributed by atoms with Gasteiger partial charge in [0.2, 0.25) is 11.3 Å². The predicted molar refractivity (Wildman–Crippen MR) is 178 cm³/mol. The van der Waals surface area contributed by atoms with Gasteiger partial charge in [0.1, 0.15) is 29.2 Å². The van der Waals surface area contributed by atoms with Crippen LogP contribution in [0.1, 0.15) is 22.3 Å². The number of aromatic carboxylic acids is 1. The number of anilines is 3. The topological polar surface area (TPSA) is 146 Å². The molecule has 6 rings (SSSR count). The Morgan fingerprint density at radius 2 is 1.71 bits per heavy atom. The lowest BCUT2D eigenvalue weighted by molar-refractivity contribution is -0.146. The Morgan fingerprint density at radius 3 is 2.39 bits per heavy atom. The van der Waals surface area contributed by atoms with E-state index in [4.69, 9.17) is 9.47 Å². The zero-order valence-corrected chi connectivity index (χ0v) is 26.7. The molecular formula is C34H34F2N6O7. The van der Waals surface area contributed by atoms with Crippen molar-refractivity contribution in [3.8, 4) is 5.75 Å². The number of amides is 1. The van der Waals surface area contributed by atoms with Crippen LogP contribution in [0.3, 0.4) is 0 Å². The number of nitrogens with one attached hydrogen (secondary N) is 2. The fraction of sp³-hybridized carbons (Fsp3) is 0.294. The monoisotopic (exact) mass is 676 g/mol. The summed E-state index contributed by atoms with van der Waals surface area (Å²) in [7, 11) is 3.18. The summed E-state index contributed by atoms with van der Waals surface area (Å²) in [6, 6.07) is 13.6. The minimum absolute atomic E-state index is 0.0119. The number of carbonyl (C=O) groups is 3. The van der Waals surface area contributed by atoms with E-state index in [2.05, 4.69) is 10.6 Å². The molecular weight excluding hydrogens is 642 g/mol. The van der Waals surface area contributed by atoms with Crippen molar-refractivity contribution in [2.75, 3.05) is 67.1 Å². The largest absolute Gasteiger partial charge is 0.477 e. The molecule has 3 heterocycles. The first kappa shape index (κ1) is 33.2. The van der Waals surface area contributed by atoms with E-state index < -0.39 is 46.5 Å². The third-order valence-electron chi connectivity index (χ3n) is 8.58. The van der Waals surface area contributed by atoms with Gasteiger partial charge in [-0.2, -0.15) is 0 Å². The van der Waals surface area contributed by atoms with Gasteiger partial charge in [-0.25, -0.2) is 13.6 Å². The van der Waals surface area contributed by atoms with Gasteiger partial charge in [-0.15, -0.1) is 0 Å². The second-order valence-electron chi connectivity index (χ2n) is 11.7. The number of esters is 1. The lowest BCUT2D eigenvalue weighted by Crippen LogP contribution is -2.47. The lowest BCUT2D eigenvalue weighted by Gasteiger charge is -2.39. The highest BCUT2D eigenvalue weighted by atomic mass is 19.1. The van der Waals surface area contributed by atoms with Crippen LogP contribution >= 0.6 is 0 Å². The van der Waals surface area contributed by atoms with Crippen LogP contribution in [0.25, 0.3) is 10.9 Å². The van der Waals surface area contributed by atoms with Crippen molar-refractivity contribution in [1.82, 2.24) is 9.99 Å². The highest BCUT2D eigenvalue weighted by Gasteiger charge is 2.31. The molecule has 4 aromatic rings. The molecule has 1 amide bonds. The predicted octanol–water partition coefficient (Wildman–Crippen LogP) is 2.88. The van der Waals surface area contributed by atoms with E-state index in [-0.39, 0.29) is 60.9 Å². The second kappa shape index (κ2) is 13.8. The van der Waals surface area contributed by atoms with E-state index in [1.165, 1.54) is 24.0 Å². The minimum Gasteiger partial charge on any atom is -0.477 e. The molecule has 2 aliphatic heterocycles. The zero-order chi connectivity index (χ0) is 34.8. The van der Waals surface area contributed by atoms with Crippen molar-refractivity contribution >= 4 is 45.8 Å². The van der Waals surface area contributed by atoms with Crippen LogP contribution in [0.4, 0.5) is 25.8 Å². The number of ether oxygens (including phenoxy) is 2. The summed E-state index contributed by atoms with van der Waals surface area (Å²) in [6.45, 7) is 1.28. The zero-order valence-electron chi connectivity index (χ0n) is 26.7. The number of halogens is 2. The first-order valence-corrected chi connectivity index (χ1v) is 15.5. The molecule has 1 saturated heterocycles. The molecule has 49 heavy (non-hydrogen) atoms. The SMILES string of the molecule is CN[C@@H](CC(=O)OCc1ccccc1)C(=O)Nc1ccc(N2CCN(c3c(F)cc4c(=O)c(C(=O)O)cn5c4c3OCN5C)CC2)c(F)c1. The highest BCUT2D eigenvalue weighted by molar-refractivity contribution is 5.98. The van der Waals surface area contributed by atoms with Crippen molar-refractivity contribution in [2.24, 2.45) is 0 Å². The quantitative estimate of drug-likeness (QED) is 0.213. The Labute approximate surface area is 279 Å². The van der Waals surface area contributed by atoms with Gasteiger partial charge < -0.3 is 35.0 Å². The van der Waals surface area contributed by atoms with Gasteiger partial charge in [0.25, 0.3) is 0 Å². The van der Waals surface area contributed by atoms with Gasteiger partial charge in [0.05, 0.1) is 23.5 Å². The number of likely N-dealkylation sites (N-methyl/N-ethyl adjacent to an activating group) is 1. The maximum absolute atomic E-state index is 15.6. The number of hydrogen-bond acceptors (Lipinski definition) is 10. The van der Waals surface area contributed by atoms with Crippen molar-refractivity contribution in [3.05, 3.63) is 93.8 Å². The van der Waals surface area contributed by atoms with E-state index in [1.54, 1.807) is 34.0 Å². The number of aromatic nitrogens is 1. The van der Waals surface area contributed by atoms with Gasteiger partial charge in [-0.1, -0.05) is 30.3 Å². The third-order valence-corrected chi connectivity index (χ3v) is 8.58. The Bertz CT molecular complexity index is 1980. The number of carboxylic acid groups (broad SMARTS) is 1. The molecule has 3 aromatic carbocycles. The smallest absolute Gasteiger partial charge is 0.341 e. The first-order valence-electron chi connectivity index (χ1n) is 15.5. The first-order chi connectivity index (χ1) is 23.5. The molecule has 0 spiro atoms. The summed E-state index contributed by atoms with van der Waals surface area (Å²) in [5.74, 6) is -3.69. The molecule has 1 atom stereocenters. The Hall–Kier alpha value is -5.70. The summed E-state index contributed by atoms with van der Waals surface area (Å²) < 4.78 is 43.7. The minimum atomic E-state index is -1.42. The van der Waals surface area contributed by atoms with Crippen LogP contribution < -0.4 is 35.6 Å². The number of carbonyl (C=O) groups excluding carboxylic acids is 2. The van der Waals surface area contributed by atoms with E-state index in [1.807, 2.05) is 30.3 Å². The number of piperazine rings is 1. The molecule has 256 valence electrons. The number of carboxylic acids is 1. The lowest BCUT2D eigenvalue weighted by atomic mass is 10.1. The van der Waals surface area contributed by atoms with Crippen molar-refractivity contribution < 1.29 is 37.7 Å². The summed E-state index contributed by atoms with van der Waals surface area (Å²) >= 11 is 0. The molecule has 1 aromatic heterocycles. The van der Waals surface area contributed by atoms with E-state index in [9.17, 15) is 24.3 Å². The molecule has 1 fully saturated rings. The Balaban J connectivity index is 1.11. The Morgan fingerprint density at radius 1 is 1.00 bits per heavy atom. The summed E-state index contributed by atoms with van der Waals surface area (Å²) in [4.78, 5) is 53.4. The van der Waals surface area contributed by atoms with Gasteiger partial charge in [-0.05, 0) is 36.9 Å². The van der Waals surface area contributed by atoms with Gasteiger partial charge in [0, 0.05) is 45.1 Å². The standard InChI is InChI=1S/C34H34F2N6O7/c1-37-26(16-28(43)48-18-20-6-4-3-5-7-20)33(45)38-21-8-9-27(24(35)14-21)40-10-12-41(13-11-40)30-25(36)15-22-29-32(30)49-19-39(2)42(29)17-23(31(22)44)34(46)47/h3-9,14-15,17,26,37H,10-13,16,18-19H2,1-2H3,(H,38,45)(H,46,47)/t26-/m0/s1. The highest BCUT2D eigenvalue weighted by Crippen LogP contribution is 2.40. The van der Waals surface area contributed by atoms with Crippen LogP contribution in [0, 0.1) is 11.6 Å². The normalized spacial score (nSPS) is 14.7. The van der Waals surface area contributed by atoms with Gasteiger partial charge in [0.15, 0.2) is 18.3 Å². The summed E-state index contributed by atoms with van der Waals surface area (Å²) in [5, 5.41) is 16.4. The molecule has 0 unspecified atom stereocenters. The van der Waals surface area contributed by atoms with Crippen LogP contribution in [-0.2, 0) is 20.9 Å². The number of rotatable bonds is 10. The van der Waals surface area contributed by atoms with Crippen molar-refractivity contribution in [3.63, 3.8) is 0 Å². The van der Waals surface area contributed by atoms with Gasteiger partial charge in [-0.3, -0.25) is 24.1 Å². The summed E-state index contributed by atoms with van der Waals surface area (Å²) in [5.41, 5.74) is 0.419. The molecule has 15 heteroatoms. The fourth-order valence-corrected chi connectivity index (χ4v) is 6.00. The maximum Gasteiger partial charge on any atom is 0.341 e. The van der Waals surface area contributed by atoms with Crippen molar-refractivity contribution in [1.29, 1.82) is 0 Å². The fourth-order valence-electron chi connectivity index (χ4n) is 6.00. The van der Waals surface area contributed by atoms with Gasteiger partial charge >= 0.3 is 11.9 Å². The maximum atomic E-state index is 15.6. The number of pyridine rings is 1. The molecule has 2 aliphatic rings. The summed E-state index contributed by atoms with van der Waals surface area (Å²) in [6.07, 6.45) is 0.982. The van der Waals surface area contributed by atoms with E-state index in [0.717, 1.165) is 11.6 Å². The second-order valence-corrected chi connectivity index (χ2v) is 11.7. The molecule has 3 N–H and O–H groups in total. The molecule has 0 aliphatic carbocycles. The Kier molecular flexibility index (Phi) is 9.35. The molecule has 0 bridgehead atoms. The molecule has 0 radical (unpaired) electrons. The number of benzene rings is 3. The van der Waals surface area contributed by atoms with E-state index in [0.29, 0.717) is 18.8 Å². The number of hydrogen-bond donors (Lipinski definition) is 3. The van der Waals surface area contributed by atoms with Crippen molar-refractivity contribution in [2.45, 2.75) is 19.1 Å². The van der Waals surface area contributed by atoms with Crippen LogP contribution in [0.5, 0.6) is 5.75 Å². The van der Waals surface area contributed by atoms with Crippen LogP contribution in [-0.4, -0.2) is 80.7 Å². The third kappa shape index (κ3) is 6.69. The molecule has 0 saturated carbocycles. The van der Waals surface area contributed by atoms with Crippen LogP contribution in [0.2, 0.25) is 0 Å².